The first-order valence-corrected chi connectivity index (χ1v) is 12.9. The highest BCUT2D eigenvalue weighted by atomic mass is 16.4. The lowest BCUT2D eigenvalue weighted by atomic mass is 10.0. The maximum Gasteiger partial charge on any atom is 0.336 e. The number of piperidine rings is 2. The molecule has 16 heteroatoms. The minimum Gasteiger partial charge on any atom is -0.508 e. The van der Waals surface area contributed by atoms with Gasteiger partial charge in [0.25, 0.3) is 17.7 Å². The van der Waals surface area contributed by atoms with Crippen molar-refractivity contribution in [2.24, 2.45) is 5.73 Å². The van der Waals surface area contributed by atoms with Crippen LogP contribution in [0.1, 0.15) is 67.1 Å². The number of carbonyl (C=O) groups is 8. The Kier molecular flexibility index (Phi) is 9.80. The molecule has 0 aliphatic carbocycles. The Labute approximate surface area is 248 Å². The van der Waals surface area contributed by atoms with Crippen molar-refractivity contribution in [3.63, 3.8) is 0 Å². The summed E-state index contributed by atoms with van der Waals surface area (Å²) in [6.07, 6.45) is 1.11. The molecule has 0 bridgehead atoms. The van der Waals surface area contributed by atoms with E-state index in [1.54, 1.807) is 0 Å². The molecule has 232 valence electrons. The fourth-order valence-electron chi connectivity index (χ4n) is 4.51. The van der Waals surface area contributed by atoms with E-state index < -0.39 is 47.3 Å². The molecule has 44 heavy (non-hydrogen) atoms. The number of phenolic OH excluding ortho intramolecular Hbond substituents is 2. The largest absolute Gasteiger partial charge is 0.508 e. The van der Waals surface area contributed by atoms with Crippen molar-refractivity contribution in [2.45, 2.75) is 37.8 Å². The third-order valence-corrected chi connectivity index (χ3v) is 6.99. The number of likely N-dealkylation sites (tertiary alicyclic amines) is 2. The number of rotatable bonds is 3. The maximum absolute atomic E-state index is 12.3. The average molecular weight is 613 g/mol. The molecule has 6 amide bonds. The highest BCUT2D eigenvalue weighted by Crippen LogP contribution is 2.30. The van der Waals surface area contributed by atoms with Crippen LogP contribution in [-0.2, 0) is 19.2 Å². The molecule has 0 spiro atoms. The number of carbonyl (C=O) groups excluding carboxylic acids is 6. The molecule has 2 aromatic rings. The van der Waals surface area contributed by atoms with Gasteiger partial charge in [-0.25, -0.2) is 9.59 Å². The fraction of sp³-hybridized carbons (Fsp3) is 0.286. The van der Waals surface area contributed by atoms with Gasteiger partial charge in [-0.05, 0) is 49.2 Å². The van der Waals surface area contributed by atoms with E-state index in [4.69, 9.17) is 21.1 Å². The van der Waals surface area contributed by atoms with Crippen molar-refractivity contribution < 1.29 is 58.8 Å². The van der Waals surface area contributed by atoms with Gasteiger partial charge in [-0.1, -0.05) is 0 Å². The van der Waals surface area contributed by atoms with Crippen LogP contribution in [0.2, 0.25) is 0 Å². The van der Waals surface area contributed by atoms with Gasteiger partial charge in [0.1, 0.15) is 17.5 Å². The lowest BCUT2D eigenvalue weighted by molar-refractivity contribution is -0.150. The van der Waals surface area contributed by atoms with E-state index in [1.165, 1.54) is 32.3 Å². The van der Waals surface area contributed by atoms with Gasteiger partial charge in [-0.3, -0.25) is 43.5 Å². The van der Waals surface area contributed by atoms with Crippen molar-refractivity contribution in [1.29, 1.82) is 0 Å². The summed E-state index contributed by atoms with van der Waals surface area (Å²) in [6.45, 7) is 0. The molecule has 0 saturated carbocycles. The fourth-order valence-corrected chi connectivity index (χ4v) is 4.51. The van der Waals surface area contributed by atoms with Crippen LogP contribution in [0.15, 0.2) is 36.4 Å². The number of carboxylic acid groups (broad SMARTS) is 2. The van der Waals surface area contributed by atoms with E-state index in [0.29, 0.717) is 12.8 Å². The van der Waals surface area contributed by atoms with Gasteiger partial charge in [0, 0.05) is 26.9 Å². The molecule has 0 aromatic heterocycles. The van der Waals surface area contributed by atoms with Crippen LogP contribution >= 0.6 is 0 Å². The number of fused-ring (bicyclic) bond motifs is 1. The minimum atomic E-state index is -1.38. The molecule has 5 rings (SSSR count). The molecule has 3 heterocycles. The van der Waals surface area contributed by atoms with Crippen LogP contribution in [-0.4, -0.2) is 109 Å². The number of likely N-dealkylation sites (N-methyl/N-ethyl adjacent to an activating group) is 2. The van der Waals surface area contributed by atoms with Crippen LogP contribution < -0.4 is 5.73 Å². The van der Waals surface area contributed by atoms with Gasteiger partial charge in [-0.2, -0.15) is 0 Å². The molecule has 6 N–H and O–H groups in total. The van der Waals surface area contributed by atoms with Crippen molar-refractivity contribution in [1.82, 2.24) is 14.7 Å². The zero-order valence-corrected chi connectivity index (χ0v) is 23.4. The highest BCUT2D eigenvalue weighted by molar-refractivity contribution is 6.23. The quantitative estimate of drug-likeness (QED) is 0.287. The third kappa shape index (κ3) is 6.70. The second-order valence-corrected chi connectivity index (χ2v) is 9.83. The van der Waals surface area contributed by atoms with Gasteiger partial charge >= 0.3 is 11.9 Å². The molecule has 2 fully saturated rings. The Morgan fingerprint density at radius 3 is 1.77 bits per heavy atom. The number of carboxylic acids is 2. The van der Waals surface area contributed by atoms with E-state index in [1.807, 2.05) is 0 Å². The van der Waals surface area contributed by atoms with E-state index >= 15 is 0 Å². The first-order valence-electron chi connectivity index (χ1n) is 12.9. The number of hydrogen-bond acceptors (Lipinski definition) is 11. The second kappa shape index (κ2) is 13.1. The molecule has 2 aromatic carbocycles. The zero-order valence-electron chi connectivity index (χ0n) is 23.4. The van der Waals surface area contributed by atoms with Crippen molar-refractivity contribution in [3.05, 3.63) is 58.7 Å². The number of nitrogens with zero attached hydrogens (tertiary/aromatic N) is 3. The number of amides is 6. The monoisotopic (exact) mass is 612 g/mol. The van der Waals surface area contributed by atoms with E-state index in [9.17, 15) is 43.5 Å². The standard InChI is InChI=1S/C14H12N2O5.C8H6O5.C6H10N2O2/c1-15-11(18)5-4-10(14(15)21)16-12(19)8-3-2-7(17)6-9(8)13(16)20;9-4-1-2-5(7(10)11)6(3-4)8(12)13;1-8-5(9)3-2-4(7)6(8)10/h2-3,6,10,17H,4-5H2,1H3;1-3,9H,(H,10,11)(H,12,13);4H,2-3,7H2,1H3. The van der Waals surface area contributed by atoms with Crippen LogP contribution in [0.25, 0.3) is 0 Å². The van der Waals surface area contributed by atoms with Crippen LogP contribution in [0.4, 0.5) is 0 Å². The molecule has 2 atom stereocenters. The van der Waals surface area contributed by atoms with Crippen LogP contribution in [0.3, 0.4) is 0 Å². The lowest BCUT2D eigenvalue weighted by Crippen LogP contribution is -2.54. The first kappa shape index (κ1) is 32.9. The summed E-state index contributed by atoms with van der Waals surface area (Å²) >= 11 is 0. The molecule has 2 saturated heterocycles. The Balaban J connectivity index is 0.000000197. The molecule has 3 aliphatic rings. The van der Waals surface area contributed by atoms with Crippen molar-refractivity contribution in [3.8, 4) is 11.5 Å². The van der Waals surface area contributed by atoms with E-state index in [-0.39, 0.29) is 58.8 Å². The topological polar surface area (TPSA) is 253 Å². The van der Waals surface area contributed by atoms with Gasteiger partial charge in [0.05, 0.1) is 28.3 Å². The van der Waals surface area contributed by atoms with Crippen molar-refractivity contribution in [2.75, 3.05) is 14.1 Å². The molecule has 16 nitrogen and oxygen atoms in total. The van der Waals surface area contributed by atoms with Crippen LogP contribution in [0, 0.1) is 0 Å². The lowest BCUT2D eigenvalue weighted by Gasteiger charge is -2.32. The average Bonchev–Trinajstić information content (AvgIpc) is 3.21. The van der Waals surface area contributed by atoms with Crippen molar-refractivity contribution >= 4 is 47.4 Å². The second-order valence-electron chi connectivity index (χ2n) is 9.83. The van der Waals surface area contributed by atoms with Gasteiger partial charge in [0.15, 0.2) is 0 Å². The molecule has 2 unspecified atom stereocenters. The molecular formula is C28H28N4O12. The Morgan fingerprint density at radius 2 is 1.20 bits per heavy atom. The summed E-state index contributed by atoms with van der Waals surface area (Å²) in [5.41, 5.74) is 4.86. The number of aromatic hydroxyl groups is 2. The molecular weight excluding hydrogens is 584 g/mol. The SMILES string of the molecule is CN1C(=O)CCC(N)C1=O.CN1C(=O)CCC(N2C(=O)c3ccc(O)cc3C2=O)C1=O.O=C(O)c1ccc(O)cc1C(=O)O. The highest BCUT2D eigenvalue weighted by Gasteiger charge is 2.46. The summed E-state index contributed by atoms with van der Waals surface area (Å²) in [6, 6.07) is 5.49. The Morgan fingerprint density at radius 1 is 0.705 bits per heavy atom. The smallest absolute Gasteiger partial charge is 0.336 e. The zero-order chi connectivity index (χ0) is 33.0. The predicted octanol–water partition coefficient (Wildman–Crippen LogP) is 0.0167. The number of aromatic carboxylic acids is 2. The summed E-state index contributed by atoms with van der Waals surface area (Å²) in [4.78, 5) is 93.9. The summed E-state index contributed by atoms with van der Waals surface area (Å²) in [5, 5.41) is 35.5. The van der Waals surface area contributed by atoms with Crippen LogP contribution in [0.5, 0.6) is 11.5 Å². The Bertz CT molecular complexity index is 1590. The molecule has 0 radical (unpaired) electrons. The summed E-state index contributed by atoms with van der Waals surface area (Å²) in [7, 11) is 2.80. The van der Waals surface area contributed by atoms with E-state index in [0.717, 1.165) is 32.9 Å². The number of benzene rings is 2. The van der Waals surface area contributed by atoms with Gasteiger partial charge in [0.2, 0.25) is 17.7 Å². The predicted molar refractivity (Wildman–Crippen MR) is 146 cm³/mol. The minimum absolute atomic E-state index is 0.0763. The number of hydrogen-bond donors (Lipinski definition) is 5. The maximum atomic E-state index is 12.3. The number of nitrogens with two attached hydrogens (primary N) is 1. The number of phenols is 2. The van der Waals surface area contributed by atoms with E-state index in [2.05, 4.69) is 0 Å². The number of imide groups is 3. The summed E-state index contributed by atoms with van der Waals surface area (Å²) in [5.74, 6) is -5.60. The van der Waals surface area contributed by atoms with Gasteiger partial charge in [-0.15, -0.1) is 0 Å². The first-order chi connectivity index (χ1) is 20.6. The summed E-state index contributed by atoms with van der Waals surface area (Å²) < 4.78 is 0. The Hall–Kier alpha value is -5.64. The molecule has 3 aliphatic heterocycles. The van der Waals surface area contributed by atoms with Gasteiger partial charge < -0.3 is 26.2 Å². The normalized spacial score (nSPS) is 19.6. The third-order valence-electron chi connectivity index (χ3n) is 6.99.